The monoisotopic (exact) mass is 475 g/mol. The van der Waals surface area contributed by atoms with Gasteiger partial charge < -0.3 is 9.47 Å². The smallest absolute Gasteiger partial charge is 0.339 e. The fourth-order valence-corrected chi connectivity index (χ4v) is 1.61. The SMILES string of the molecule is CCCCOC(=O)c1ccccc1C(=O)OCCCC.[Au]. The van der Waals surface area contributed by atoms with Crippen LogP contribution in [0.2, 0.25) is 0 Å². The van der Waals surface area contributed by atoms with Crippen LogP contribution in [0.15, 0.2) is 24.3 Å². The Labute approximate surface area is 141 Å². The van der Waals surface area contributed by atoms with Gasteiger partial charge in [0.25, 0.3) is 0 Å². The van der Waals surface area contributed by atoms with E-state index in [0.717, 1.165) is 25.7 Å². The van der Waals surface area contributed by atoms with Crippen LogP contribution >= 0.6 is 0 Å². The van der Waals surface area contributed by atoms with Gasteiger partial charge in [-0.05, 0) is 25.0 Å². The Kier molecular flexibility index (Phi) is 10.9. The summed E-state index contributed by atoms with van der Waals surface area (Å²) < 4.78 is 10.3. The van der Waals surface area contributed by atoms with Crippen molar-refractivity contribution in [3.63, 3.8) is 0 Å². The van der Waals surface area contributed by atoms with Crippen molar-refractivity contribution in [1.29, 1.82) is 0 Å². The van der Waals surface area contributed by atoms with Gasteiger partial charge in [0.15, 0.2) is 0 Å². The molecule has 0 saturated carbocycles. The molecule has 0 amide bonds. The van der Waals surface area contributed by atoms with Gasteiger partial charge in [0.1, 0.15) is 0 Å². The second-order valence-electron chi connectivity index (χ2n) is 4.52. The molecule has 0 aliphatic carbocycles. The standard InChI is InChI=1S/C16H22O4.Au/c1-3-5-11-19-15(17)13-9-7-8-10-14(13)16(18)20-12-6-4-2;/h7-10H,3-6,11-12H2,1-2H3;. The van der Waals surface area contributed by atoms with Crippen LogP contribution in [0.4, 0.5) is 0 Å². The molecule has 0 aliphatic rings. The van der Waals surface area contributed by atoms with E-state index in [4.69, 9.17) is 9.47 Å². The Bertz CT molecular complexity index is 405. The number of rotatable bonds is 8. The Morgan fingerprint density at radius 1 is 0.857 bits per heavy atom. The van der Waals surface area contributed by atoms with Crippen molar-refractivity contribution in [2.45, 2.75) is 39.5 Å². The Balaban J connectivity index is 0.00000400. The third kappa shape index (κ3) is 6.93. The topological polar surface area (TPSA) is 52.6 Å². The summed E-state index contributed by atoms with van der Waals surface area (Å²) in [5, 5.41) is 0. The van der Waals surface area contributed by atoms with Crippen LogP contribution in [0.3, 0.4) is 0 Å². The van der Waals surface area contributed by atoms with E-state index in [1.165, 1.54) is 0 Å². The van der Waals surface area contributed by atoms with Gasteiger partial charge in [-0.15, -0.1) is 0 Å². The summed E-state index contributed by atoms with van der Waals surface area (Å²) in [5.41, 5.74) is 0.537. The summed E-state index contributed by atoms with van der Waals surface area (Å²) in [6.07, 6.45) is 3.53. The normalized spacial score (nSPS) is 9.62. The van der Waals surface area contributed by atoms with Gasteiger partial charge >= 0.3 is 11.9 Å². The molecule has 0 bridgehead atoms. The molecule has 1 aromatic rings. The van der Waals surface area contributed by atoms with E-state index in [2.05, 4.69) is 0 Å². The molecule has 121 valence electrons. The molecule has 1 aromatic carbocycles. The fraction of sp³-hybridized carbons (Fsp3) is 0.500. The van der Waals surface area contributed by atoms with Gasteiger partial charge in [-0.25, -0.2) is 9.59 Å². The summed E-state index contributed by atoms with van der Waals surface area (Å²) in [6.45, 7) is 4.78. The van der Waals surface area contributed by atoms with Gasteiger partial charge in [-0.3, -0.25) is 0 Å². The molecule has 21 heavy (non-hydrogen) atoms. The average molecular weight is 475 g/mol. The van der Waals surface area contributed by atoms with Crippen LogP contribution in [0.25, 0.3) is 0 Å². The van der Waals surface area contributed by atoms with E-state index in [9.17, 15) is 9.59 Å². The van der Waals surface area contributed by atoms with Crippen LogP contribution in [0.1, 0.15) is 60.2 Å². The van der Waals surface area contributed by atoms with Crippen LogP contribution in [0.5, 0.6) is 0 Å². The van der Waals surface area contributed by atoms with E-state index in [0.29, 0.717) is 13.2 Å². The Morgan fingerprint density at radius 3 is 1.57 bits per heavy atom. The summed E-state index contributed by atoms with van der Waals surface area (Å²) >= 11 is 0. The van der Waals surface area contributed by atoms with Crippen LogP contribution < -0.4 is 0 Å². The molecule has 0 unspecified atom stereocenters. The molecule has 4 nitrogen and oxygen atoms in total. The minimum Gasteiger partial charge on any atom is -0.462 e. The van der Waals surface area contributed by atoms with Crippen molar-refractivity contribution in [2.75, 3.05) is 13.2 Å². The molecule has 1 radical (unpaired) electrons. The average Bonchev–Trinajstić information content (AvgIpc) is 2.47. The molecule has 0 spiro atoms. The zero-order valence-electron chi connectivity index (χ0n) is 12.5. The summed E-state index contributed by atoms with van der Waals surface area (Å²) in [5.74, 6) is -0.942. The molecule has 0 heterocycles. The Morgan fingerprint density at radius 2 is 1.24 bits per heavy atom. The quantitative estimate of drug-likeness (QED) is 0.328. The number of unbranched alkanes of at least 4 members (excludes halogenated alkanes) is 2. The maximum absolute atomic E-state index is 11.9. The van der Waals surface area contributed by atoms with Crippen LogP contribution in [-0.4, -0.2) is 25.2 Å². The first kappa shape index (κ1) is 19.9. The van der Waals surface area contributed by atoms with Gasteiger partial charge in [0, 0.05) is 22.4 Å². The second-order valence-corrected chi connectivity index (χ2v) is 4.52. The van der Waals surface area contributed by atoms with Crippen LogP contribution in [-0.2, 0) is 31.9 Å². The molecule has 5 heteroatoms. The number of carbonyl (C=O) groups excluding carboxylic acids is 2. The van der Waals surface area contributed by atoms with Gasteiger partial charge in [-0.2, -0.15) is 0 Å². The summed E-state index contributed by atoms with van der Waals surface area (Å²) in [4.78, 5) is 23.9. The second kappa shape index (κ2) is 11.5. The first-order chi connectivity index (χ1) is 9.70. The zero-order valence-corrected chi connectivity index (χ0v) is 14.7. The van der Waals surface area contributed by atoms with Crippen molar-refractivity contribution in [3.05, 3.63) is 35.4 Å². The first-order valence-corrected chi connectivity index (χ1v) is 7.14. The third-order valence-electron chi connectivity index (χ3n) is 2.83. The molecule has 0 N–H and O–H groups in total. The van der Waals surface area contributed by atoms with Crippen LogP contribution in [0, 0.1) is 0 Å². The number of benzene rings is 1. The van der Waals surface area contributed by atoms with Gasteiger partial charge in [0.05, 0.1) is 24.3 Å². The maximum atomic E-state index is 11.9. The third-order valence-corrected chi connectivity index (χ3v) is 2.83. The minimum atomic E-state index is -0.471. The van der Waals surface area contributed by atoms with Crippen molar-refractivity contribution >= 4 is 11.9 Å². The van der Waals surface area contributed by atoms with E-state index in [-0.39, 0.29) is 33.5 Å². The van der Waals surface area contributed by atoms with Gasteiger partial charge in [-0.1, -0.05) is 38.8 Å². The molecule has 0 aliphatic heterocycles. The van der Waals surface area contributed by atoms with E-state index >= 15 is 0 Å². The number of carbonyl (C=O) groups is 2. The molecule has 0 saturated heterocycles. The molecule has 0 aromatic heterocycles. The molecule has 0 fully saturated rings. The molecular weight excluding hydrogens is 453 g/mol. The Hall–Kier alpha value is -1.10. The first-order valence-electron chi connectivity index (χ1n) is 7.14. The minimum absolute atomic E-state index is 0. The predicted molar refractivity (Wildman–Crippen MR) is 76.8 cm³/mol. The fourth-order valence-electron chi connectivity index (χ4n) is 1.61. The maximum Gasteiger partial charge on any atom is 0.339 e. The van der Waals surface area contributed by atoms with E-state index < -0.39 is 11.9 Å². The van der Waals surface area contributed by atoms with E-state index in [1.807, 2.05) is 13.8 Å². The zero-order chi connectivity index (χ0) is 14.8. The number of hydrogen-bond donors (Lipinski definition) is 0. The molecule has 0 atom stereocenters. The van der Waals surface area contributed by atoms with Crippen molar-refractivity contribution in [3.8, 4) is 0 Å². The number of hydrogen-bond acceptors (Lipinski definition) is 4. The van der Waals surface area contributed by atoms with Gasteiger partial charge in [0.2, 0.25) is 0 Å². The predicted octanol–water partition coefficient (Wildman–Crippen LogP) is 3.60. The van der Waals surface area contributed by atoms with Crippen molar-refractivity contribution < 1.29 is 41.4 Å². The van der Waals surface area contributed by atoms with Crippen molar-refractivity contribution in [2.24, 2.45) is 0 Å². The van der Waals surface area contributed by atoms with Crippen molar-refractivity contribution in [1.82, 2.24) is 0 Å². The summed E-state index contributed by atoms with van der Waals surface area (Å²) in [6, 6.07) is 6.59. The van der Waals surface area contributed by atoms with E-state index in [1.54, 1.807) is 24.3 Å². The largest absolute Gasteiger partial charge is 0.462 e. The number of esters is 2. The number of ether oxygens (including phenoxy) is 2. The summed E-state index contributed by atoms with van der Waals surface area (Å²) in [7, 11) is 0. The molecular formula is C16H22AuO4. The molecule has 1 rings (SSSR count).